The van der Waals surface area contributed by atoms with Crippen molar-refractivity contribution in [3.8, 4) is 5.75 Å². The van der Waals surface area contributed by atoms with Gasteiger partial charge < -0.3 is 15.3 Å². The molecule has 142 valence electrons. The van der Waals surface area contributed by atoms with Gasteiger partial charge in [-0.2, -0.15) is 0 Å². The van der Waals surface area contributed by atoms with Crippen LogP contribution in [0.3, 0.4) is 0 Å². The van der Waals surface area contributed by atoms with Crippen LogP contribution in [-0.4, -0.2) is 33.3 Å². The molecule has 0 saturated carbocycles. The fourth-order valence-electron chi connectivity index (χ4n) is 3.13. The molecule has 27 heavy (non-hydrogen) atoms. The number of benzene rings is 1. The van der Waals surface area contributed by atoms with Gasteiger partial charge in [0.05, 0.1) is 23.8 Å². The summed E-state index contributed by atoms with van der Waals surface area (Å²) in [4.78, 5) is 30.8. The molecule has 1 atom stereocenters. The second kappa shape index (κ2) is 7.39. The van der Waals surface area contributed by atoms with Crippen molar-refractivity contribution in [3.63, 3.8) is 0 Å². The third-order valence-corrected chi connectivity index (χ3v) is 4.78. The highest BCUT2D eigenvalue weighted by Gasteiger charge is 2.34. The molecular weight excluding hydrogens is 342 g/mol. The molecular formula is C21H25N3O3. The maximum atomic E-state index is 12.7. The Morgan fingerprint density at radius 2 is 2.07 bits per heavy atom. The largest absolute Gasteiger partial charge is 0.506 e. The molecule has 6 nitrogen and oxygen atoms in total. The molecule has 0 bridgehead atoms. The van der Waals surface area contributed by atoms with Crippen LogP contribution >= 0.6 is 0 Å². The Labute approximate surface area is 159 Å². The second-order valence-electron chi connectivity index (χ2n) is 7.97. The van der Waals surface area contributed by atoms with Gasteiger partial charge in [-0.15, -0.1) is 0 Å². The summed E-state index contributed by atoms with van der Waals surface area (Å²) in [5.74, 6) is -0.744. The van der Waals surface area contributed by atoms with Crippen LogP contribution in [-0.2, 0) is 21.5 Å². The summed E-state index contributed by atoms with van der Waals surface area (Å²) in [6.07, 6.45) is 1.85. The lowest BCUT2D eigenvalue weighted by Crippen LogP contribution is -2.28. The number of carbonyl (C=O) groups excluding carboxylic acids is 2. The fourth-order valence-corrected chi connectivity index (χ4v) is 3.13. The third kappa shape index (κ3) is 4.45. The molecule has 1 aromatic heterocycles. The molecule has 1 unspecified atom stereocenters. The Hall–Kier alpha value is -2.89. The van der Waals surface area contributed by atoms with Gasteiger partial charge in [-0.3, -0.25) is 14.6 Å². The highest BCUT2D eigenvalue weighted by atomic mass is 16.3. The van der Waals surface area contributed by atoms with Crippen molar-refractivity contribution in [1.82, 2.24) is 9.88 Å². The van der Waals surface area contributed by atoms with Crippen molar-refractivity contribution in [1.29, 1.82) is 0 Å². The van der Waals surface area contributed by atoms with E-state index in [-0.39, 0.29) is 29.4 Å². The number of phenols is 1. The molecule has 1 fully saturated rings. The smallest absolute Gasteiger partial charge is 0.229 e. The van der Waals surface area contributed by atoms with E-state index in [0.717, 1.165) is 11.3 Å². The molecule has 2 amide bonds. The summed E-state index contributed by atoms with van der Waals surface area (Å²) in [5.41, 5.74) is 2.08. The Balaban J connectivity index is 1.68. The van der Waals surface area contributed by atoms with E-state index in [1.165, 1.54) is 0 Å². The van der Waals surface area contributed by atoms with Crippen LogP contribution in [0.5, 0.6) is 5.75 Å². The summed E-state index contributed by atoms with van der Waals surface area (Å²) < 4.78 is 0. The lowest BCUT2D eigenvalue weighted by molar-refractivity contribution is -0.128. The van der Waals surface area contributed by atoms with E-state index in [9.17, 15) is 14.7 Å². The zero-order chi connectivity index (χ0) is 19.6. The maximum absolute atomic E-state index is 12.7. The van der Waals surface area contributed by atoms with E-state index in [1.54, 1.807) is 23.2 Å². The number of anilines is 1. The summed E-state index contributed by atoms with van der Waals surface area (Å²) in [6.45, 7) is 6.94. The van der Waals surface area contributed by atoms with Crippen LogP contribution in [0, 0.1) is 5.92 Å². The van der Waals surface area contributed by atoms with E-state index in [1.807, 2.05) is 24.3 Å². The molecule has 0 aliphatic carbocycles. The number of phenolic OH excluding ortho intramolecular Hbond substituents is 1. The number of aromatic nitrogens is 1. The molecule has 1 saturated heterocycles. The number of pyridine rings is 1. The summed E-state index contributed by atoms with van der Waals surface area (Å²) >= 11 is 0. The van der Waals surface area contributed by atoms with Crippen molar-refractivity contribution in [3.05, 3.63) is 53.9 Å². The number of aromatic hydroxyl groups is 1. The molecule has 0 spiro atoms. The summed E-state index contributed by atoms with van der Waals surface area (Å²) in [7, 11) is 0. The molecule has 1 aliphatic heterocycles. The number of likely N-dealkylation sites (tertiary alicyclic amines) is 1. The first-order valence-corrected chi connectivity index (χ1v) is 9.06. The van der Waals surface area contributed by atoms with Crippen LogP contribution in [0.15, 0.2) is 42.6 Å². The first-order chi connectivity index (χ1) is 12.7. The number of carbonyl (C=O) groups is 2. The van der Waals surface area contributed by atoms with E-state index in [0.29, 0.717) is 18.8 Å². The van der Waals surface area contributed by atoms with Gasteiger partial charge in [0, 0.05) is 19.2 Å². The highest BCUT2D eigenvalue weighted by molar-refractivity contribution is 5.98. The van der Waals surface area contributed by atoms with Crippen LogP contribution < -0.4 is 5.32 Å². The first-order valence-electron chi connectivity index (χ1n) is 9.06. The molecule has 2 N–H and O–H groups in total. The Morgan fingerprint density at radius 3 is 2.74 bits per heavy atom. The van der Waals surface area contributed by atoms with Crippen molar-refractivity contribution in [2.45, 2.75) is 39.2 Å². The van der Waals surface area contributed by atoms with Crippen LogP contribution in [0.1, 0.15) is 38.4 Å². The number of rotatable bonds is 4. The number of hydrogen-bond acceptors (Lipinski definition) is 4. The lowest BCUT2D eigenvalue weighted by Gasteiger charge is -2.21. The van der Waals surface area contributed by atoms with Gasteiger partial charge >= 0.3 is 0 Å². The maximum Gasteiger partial charge on any atom is 0.229 e. The van der Waals surface area contributed by atoms with E-state index < -0.39 is 5.92 Å². The number of amides is 2. The lowest BCUT2D eigenvalue weighted by atomic mass is 9.87. The average Bonchev–Trinajstić information content (AvgIpc) is 2.97. The van der Waals surface area contributed by atoms with E-state index in [2.05, 4.69) is 31.1 Å². The molecule has 6 heteroatoms. The zero-order valence-corrected chi connectivity index (χ0v) is 15.9. The van der Waals surface area contributed by atoms with Crippen molar-refractivity contribution in [2.75, 3.05) is 11.9 Å². The number of nitrogens with one attached hydrogen (secondary N) is 1. The second-order valence-corrected chi connectivity index (χ2v) is 7.97. The normalized spacial score (nSPS) is 17.2. The van der Waals surface area contributed by atoms with Gasteiger partial charge in [-0.25, -0.2) is 0 Å². The van der Waals surface area contributed by atoms with Gasteiger partial charge in [0.25, 0.3) is 0 Å². The fraction of sp³-hybridized carbons (Fsp3) is 0.381. The van der Waals surface area contributed by atoms with Crippen LogP contribution in [0.25, 0.3) is 0 Å². The molecule has 1 aromatic carbocycles. The number of hydrogen-bond donors (Lipinski definition) is 2. The van der Waals surface area contributed by atoms with Gasteiger partial charge in [-0.1, -0.05) is 32.9 Å². The standard InChI is InChI=1S/C21H25N3O3/c1-21(2,3)15-7-8-18(25)17(11-15)23-20(27)14-10-19(26)24(12-14)13-16-6-4-5-9-22-16/h4-9,11,14,25H,10,12-13H2,1-3H3,(H,23,27). The topological polar surface area (TPSA) is 82.5 Å². The Kier molecular flexibility index (Phi) is 5.17. The van der Waals surface area contributed by atoms with Gasteiger partial charge in [0.15, 0.2) is 0 Å². The monoisotopic (exact) mass is 367 g/mol. The van der Waals surface area contributed by atoms with Crippen LogP contribution in [0.2, 0.25) is 0 Å². The minimum atomic E-state index is -0.445. The minimum Gasteiger partial charge on any atom is -0.506 e. The quantitative estimate of drug-likeness (QED) is 0.814. The third-order valence-electron chi connectivity index (χ3n) is 4.78. The summed E-state index contributed by atoms with van der Waals surface area (Å²) in [5, 5.41) is 12.9. The Morgan fingerprint density at radius 1 is 1.30 bits per heavy atom. The van der Waals surface area contributed by atoms with Gasteiger partial charge in [0.2, 0.25) is 11.8 Å². The predicted octanol–water partition coefficient (Wildman–Crippen LogP) is 3.07. The molecule has 2 aromatic rings. The average molecular weight is 367 g/mol. The van der Waals surface area contributed by atoms with E-state index in [4.69, 9.17) is 0 Å². The summed E-state index contributed by atoms with van der Waals surface area (Å²) in [6, 6.07) is 10.8. The van der Waals surface area contributed by atoms with Crippen molar-refractivity contribution < 1.29 is 14.7 Å². The van der Waals surface area contributed by atoms with E-state index >= 15 is 0 Å². The highest BCUT2D eigenvalue weighted by Crippen LogP contribution is 2.31. The van der Waals surface area contributed by atoms with Gasteiger partial charge in [0.1, 0.15) is 5.75 Å². The molecule has 1 aliphatic rings. The van der Waals surface area contributed by atoms with Crippen molar-refractivity contribution >= 4 is 17.5 Å². The first kappa shape index (κ1) is 18.9. The van der Waals surface area contributed by atoms with Gasteiger partial charge in [-0.05, 0) is 35.2 Å². The SMILES string of the molecule is CC(C)(C)c1ccc(O)c(NC(=O)C2CC(=O)N(Cc3ccccn3)C2)c1. The predicted molar refractivity (Wildman–Crippen MR) is 103 cm³/mol. The minimum absolute atomic E-state index is 0.0195. The number of nitrogens with zero attached hydrogens (tertiary/aromatic N) is 2. The Bertz CT molecular complexity index is 843. The van der Waals surface area contributed by atoms with Crippen molar-refractivity contribution in [2.24, 2.45) is 5.92 Å². The zero-order valence-electron chi connectivity index (χ0n) is 15.9. The molecule has 0 radical (unpaired) electrons. The molecule has 2 heterocycles. The molecule has 3 rings (SSSR count). The van der Waals surface area contributed by atoms with Crippen LogP contribution in [0.4, 0.5) is 5.69 Å².